The third kappa shape index (κ3) is 2.71. The first-order chi connectivity index (χ1) is 6.52. The highest BCUT2D eigenvalue weighted by molar-refractivity contribution is 5.81. The fourth-order valence-electron chi connectivity index (χ4n) is 1.73. The third-order valence-electron chi connectivity index (χ3n) is 3.01. The van der Waals surface area contributed by atoms with Crippen LogP contribution in [0.4, 0.5) is 0 Å². The number of nitrogens with zero attached hydrogens (tertiary/aromatic N) is 1. The van der Waals surface area contributed by atoms with Crippen molar-refractivity contribution >= 4 is 5.91 Å². The fourth-order valence-corrected chi connectivity index (χ4v) is 1.73. The molecule has 0 aromatic rings. The highest BCUT2D eigenvalue weighted by atomic mass is 16.2. The fraction of sp³-hybridized carbons (Fsp3) is 0.909. The van der Waals surface area contributed by atoms with Gasteiger partial charge in [0.2, 0.25) is 5.91 Å². The zero-order chi connectivity index (χ0) is 10.8. The van der Waals surface area contributed by atoms with Crippen LogP contribution in [0.3, 0.4) is 0 Å². The molecule has 1 unspecified atom stereocenters. The normalized spacial score (nSPS) is 20.3. The Balaban J connectivity index is 2.42. The summed E-state index contributed by atoms with van der Waals surface area (Å²) >= 11 is 0. The van der Waals surface area contributed by atoms with E-state index in [0.29, 0.717) is 0 Å². The predicted molar refractivity (Wildman–Crippen MR) is 58.2 cm³/mol. The molecule has 0 radical (unpaired) electrons. The molecule has 0 saturated heterocycles. The molecule has 3 heteroatoms. The van der Waals surface area contributed by atoms with E-state index in [-0.39, 0.29) is 17.5 Å². The molecule has 1 fully saturated rings. The molecule has 1 atom stereocenters. The van der Waals surface area contributed by atoms with Gasteiger partial charge in [-0.2, -0.15) is 0 Å². The number of rotatable bonds is 5. The summed E-state index contributed by atoms with van der Waals surface area (Å²) in [5, 5.41) is 3.39. The van der Waals surface area contributed by atoms with Crippen LogP contribution in [0.1, 0.15) is 40.5 Å². The lowest BCUT2D eigenvalue weighted by molar-refractivity contribution is -0.132. The summed E-state index contributed by atoms with van der Waals surface area (Å²) in [7, 11) is 0. The highest BCUT2D eigenvalue weighted by Crippen LogP contribution is 2.34. The molecule has 1 N–H and O–H groups in total. The second-order valence-corrected chi connectivity index (χ2v) is 4.44. The van der Waals surface area contributed by atoms with E-state index in [1.165, 1.54) is 12.8 Å². The second-order valence-electron chi connectivity index (χ2n) is 4.44. The lowest BCUT2D eigenvalue weighted by Crippen LogP contribution is -2.48. The maximum absolute atomic E-state index is 11.9. The van der Waals surface area contributed by atoms with E-state index >= 15 is 0 Å². The van der Waals surface area contributed by atoms with E-state index in [1.807, 2.05) is 25.7 Å². The van der Waals surface area contributed by atoms with Gasteiger partial charge in [-0.25, -0.2) is 0 Å². The lowest BCUT2D eigenvalue weighted by atomic mass is 10.2. The van der Waals surface area contributed by atoms with Crippen molar-refractivity contribution in [2.24, 2.45) is 0 Å². The molecule has 0 spiro atoms. The Morgan fingerprint density at radius 3 is 2.29 bits per heavy atom. The van der Waals surface area contributed by atoms with Crippen LogP contribution in [0.5, 0.6) is 0 Å². The summed E-state index contributed by atoms with van der Waals surface area (Å²) in [5.41, 5.74) is 0.238. The molecule has 1 aliphatic rings. The van der Waals surface area contributed by atoms with Crippen molar-refractivity contribution in [3.05, 3.63) is 0 Å². The van der Waals surface area contributed by atoms with Crippen LogP contribution in [0.2, 0.25) is 0 Å². The van der Waals surface area contributed by atoms with Gasteiger partial charge in [0.05, 0.1) is 6.04 Å². The van der Waals surface area contributed by atoms with Crippen LogP contribution in [0.25, 0.3) is 0 Å². The Hall–Kier alpha value is -0.570. The Morgan fingerprint density at radius 2 is 1.93 bits per heavy atom. The second kappa shape index (κ2) is 4.30. The van der Waals surface area contributed by atoms with Crippen LogP contribution in [0.15, 0.2) is 0 Å². The Kier molecular flexibility index (Phi) is 3.53. The molecule has 1 rings (SSSR count). The van der Waals surface area contributed by atoms with Crippen molar-refractivity contribution in [2.45, 2.75) is 52.1 Å². The molecule has 0 aliphatic heterocycles. The molecular weight excluding hydrogens is 176 g/mol. The molecule has 0 aromatic heterocycles. The SMILES string of the molecule is CCN(CC)C(=O)C(C)NC1(C)CC1. The van der Waals surface area contributed by atoms with Gasteiger partial charge in [0.25, 0.3) is 0 Å². The Bertz CT molecular complexity index is 207. The first-order valence-corrected chi connectivity index (χ1v) is 5.59. The minimum absolute atomic E-state index is 0.0394. The van der Waals surface area contributed by atoms with Crippen molar-refractivity contribution in [2.75, 3.05) is 13.1 Å². The van der Waals surface area contributed by atoms with Gasteiger partial charge in [-0.3, -0.25) is 4.79 Å². The first-order valence-electron chi connectivity index (χ1n) is 5.59. The monoisotopic (exact) mass is 198 g/mol. The van der Waals surface area contributed by atoms with Crippen LogP contribution in [0, 0.1) is 0 Å². The molecule has 0 aromatic carbocycles. The average molecular weight is 198 g/mol. The maximum atomic E-state index is 11.9. The zero-order valence-corrected chi connectivity index (χ0v) is 9.76. The van der Waals surface area contributed by atoms with E-state index in [1.54, 1.807) is 0 Å². The average Bonchev–Trinajstić information content (AvgIpc) is 2.85. The van der Waals surface area contributed by atoms with E-state index in [2.05, 4.69) is 12.2 Å². The third-order valence-corrected chi connectivity index (χ3v) is 3.01. The van der Waals surface area contributed by atoms with Gasteiger partial charge in [-0.15, -0.1) is 0 Å². The van der Waals surface area contributed by atoms with Crippen molar-refractivity contribution in [3.63, 3.8) is 0 Å². The van der Waals surface area contributed by atoms with E-state index in [0.717, 1.165) is 13.1 Å². The van der Waals surface area contributed by atoms with Crippen molar-refractivity contribution in [1.29, 1.82) is 0 Å². The molecule has 1 saturated carbocycles. The summed E-state index contributed by atoms with van der Waals surface area (Å²) in [6, 6.07) is -0.0394. The highest BCUT2D eigenvalue weighted by Gasteiger charge is 2.39. The zero-order valence-electron chi connectivity index (χ0n) is 9.76. The number of hydrogen-bond acceptors (Lipinski definition) is 2. The minimum atomic E-state index is -0.0394. The first kappa shape index (κ1) is 11.5. The number of nitrogens with one attached hydrogen (secondary N) is 1. The molecule has 0 heterocycles. The maximum Gasteiger partial charge on any atom is 0.239 e. The number of likely N-dealkylation sites (N-methyl/N-ethyl adjacent to an activating group) is 1. The molecule has 82 valence electrons. The number of carbonyl (C=O) groups excluding carboxylic acids is 1. The van der Waals surface area contributed by atoms with Gasteiger partial charge >= 0.3 is 0 Å². The van der Waals surface area contributed by atoms with Crippen molar-refractivity contribution in [3.8, 4) is 0 Å². The van der Waals surface area contributed by atoms with E-state index in [9.17, 15) is 4.79 Å². The van der Waals surface area contributed by atoms with E-state index in [4.69, 9.17) is 0 Å². The van der Waals surface area contributed by atoms with Crippen molar-refractivity contribution < 1.29 is 4.79 Å². The number of amides is 1. The molecule has 1 amide bonds. The van der Waals surface area contributed by atoms with Gasteiger partial charge < -0.3 is 10.2 Å². The van der Waals surface area contributed by atoms with Crippen LogP contribution >= 0.6 is 0 Å². The van der Waals surface area contributed by atoms with Gasteiger partial charge in [0.15, 0.2) is 0 Å². The smallest absolute Gasteiger partial charge is 0.239 e. The summed E-state index contributed by atoms with van der Waals surface area (Å²) in [5.74, 6) is 0.225. The van der Waals surface area contributed by atoms with Crippen LogP contribution in [-0.4, -0.2) is 35.5 Å². The quantitative estimate of drug-likeness (QED) is 0.724. The summed E-state index contributed by atoms with van der Waals surface area (Å²) in [6.07, 6.45) is 2.39. The molecule has 1 aliphatic carbocycles. The van der Waals surface area contributed by atoms with Gasteiger partial charge in [-0.1, -0.05) is 0 Å². The molecule has 3 nitrogen and oxygen atoms in total. The van der Waals surface area contributed by atoms with Gasteiger partial charge in [-0.05, 0) is 40.5 Å². The Morgan fingerprint density at radius 1 is 1.43 bits per heavy atom. The molecular formula is C11H22N2O. The van der Waals surface area contributed by atoms with Crippen molar-refractivity contribution in [1.82, 2.24) is 10.2 Å². The Labute approximate surface area is 86.9 Å². The van der Waals surface area contributed by atoms with Crippen LogP contribution in [-0.2, 0) is 4.79 Å². The molecule has 14 heavy (non-hydrogen) atoms. The lowest BCUT2D eigenvalue weighted by Gasteiger charge is -2.25. The minimum Gasteiger partial charge on any atom is -0.342 e. The predicted octanol–water partition coefficient (Wildman–Crippen LogP) is 1.39. The van der Waals surface area contributed by atoms with Crippen LogP contribution < -0.4 is 5.32 Å². The summed E-state index contributed by atoms with van der Waals surface area (Å²) in [4.78, 5) is 13.8. The topological polar surface area (TPSA) is 32.3 Å². The largest absolute Gasteiger partial charge is 0.342 e. The van der Waals surface area contributed by atoms with Gasteiger partial charge in [0, 0.05) is 18.6 Å². The van der Waals surface area contributed by atoms with E-state index < -0.39 is 0 Å². The standard InChI is InChI=1S/C11H22N2O/c1-5-13(6-2)10(14)9(3)12-11(4)7-8-11/h9,12H,5-8H2,1-4H3. The van der Waals surface area contributed by atoms with Gasteiger partial charge in [0.1, 0.15) is 0 Å². The number of carbonyl (C=O) groups is 1. The summed E-state index contributed by atoms with van der Waals surface area (Å²) in [6.45, 7) is 9.79. The number of hydrogen-bond donors (Lipinski definition) is 1. The molecule has 0 bridgehead atoms. The summed E-state index contributed by atoms with van der Waals surface area (Å²) < 4.78 is 0.